The van der Waals surface area contributed by atoms with Crippen LogP contribution < -0.4 is 11.1 Å². The normalized spacial score (nSPS) is 11.6. The van der Waals surface area contributed by atoms with Gasteiger partial charge in [0, 0.05) is 11.7 Å². The molecule has 3 N–H and O–H groups in total. The quantitative estimate of drug-likeness (QED) is 0.909. The Labute approximate surface area is 124 Å². The van der Waals surface area contributed by atoms with Crippen molar-refractivity contribution in [3.63, 3.8) is 0 Å². The molecule has 1 atom stereocenters. The van der Waals surface area contributed by atoms with Crippen molar-refractivity contribution in [3.8, 4) is 0 Å². The van der Waals surface area contributed by atoms with Gasteiger partial charge in [0.2, 0.25) is 0 Å². The second-order valence-electron chi connectivity index (χ2n) is 4.69. The van der Waals surface area contributed by atoms with Crippen LogP contribution in [0.25, 0.3) is 0 Å². The summed E-state index contributed by atoms with van der Waals surface area (Å²) in [6.45, 7) is 5.52. The van der Waals surface area contributed by atoms with Crippen molar-refractivity contribution in [2.24, 2.45) is 5.73 Å². The van der Waals surface area contributed by atoms with Crippen molar-refractivity contribution < 1.29 is 9.21 Å². The highest BCUT2D eigenvalue weighted by Crippen LogP contribution is 2.18. The number of benzene rings is 1. The first-order valence-corrected chi connectivity index (χ1v) is 6.21. The third-order valence-corrected chi connectivity index (χ3v) is 2.98. The van der Waals surface area contributed by atoms with Crippen LogP contribution in [-0.4, -0.2) is 5.91 Å². The zero-order chi connectivity index (χ0) is 14.0. The molecule has 20 heavy (non-hydrogen) atoms. The van der Waals surface area contributed by atoms with Crippen LogP contribution >= 0.6 is 12.4 Å². The largest absolute Gasteiger partial charge is 0.466 e. The number of hydrogen-bond acceptors (Lipinski definition) is 3. The molecule has 5 heteroatoms. The first kappa shape index (κ1) is 16.3. The summed E-state index contributed by atoms with van der Waals surface area (Å²) in [5, 5.41) is 2.84. The van der Waals surface area contributed by atoms with E-state index in [0.717, 1.165) is 17.0 Å². The fraction of sp³-hybridized carbons (Fsp3) is 0.267. The number of nitrogens with two attached hydrogens (primary N) is 1. The molecule has 0 bridgehead atoms. The molecule has 1 heterocycles. The van der Waals surface area contributed by atoms with Crippen LogP contribution in [0.1, 0.15) is 40.4 Å². The summed E-state index contributed by atoms with van der Waals surface area (Å²) in [6.07, 6.45) is 0. The molecule has 0 fully saturated rings. The van der Waals surface area contributed by atoms with Crippen molar-refractivity contribution in [3.05, 3.63) is 53.0 Å². The Morgan fingerprint density at radius 3 is 2.30 bits per heavy atom. The van der Waals surface area contributed by atoms with Gasteiger partial charge in [-0.05, 0) is 44.5 Å². The summed E-state index contributed by atoms with van der Waals surface area (Å²) in [7, 11) is 0. The van der Waals surface area contributed by atoms with E-state index >= 15 is 0 Å². The SMILES string of the molecule is Cc1cc(C(=O)Nc2ccc(C(C)N)cc2)c(C)o1.Cl. The van der Waals surface area contributed by atoms with E-state index in [9.17, 15) is 4.79 Å². The van der Waals surface area contributed by atoms with Crippen LogP contribution in [0.5, 0.6) is 0 Å². The maximum atomic E-state index is 12.1. The molecule has 1 amide bonds. The second-order valence-corrected chi connectivity index (χ2v) is 4.69. The van der Waals surface area contributed by atoms with Gasteiger partial charge < -0.3 is 15.5 Å². The number of rotatable bonds is 3. The number of carbonyl (C=O) groups is 1. The molecule has 0 aliphatic rings. The Bertz CT molecular complexity index is 588. The van der Waals surface area contributed by atoms with Gasteiger partial charge in [-0.3, -0.25) is 4.79 Å². The molecule has 1 unspecified atom stereocenters. The van der Waals surface area contributed by atoms with E-state index in [1.54, 1.807) is 13.0 Å². The molecule has 2 rings (SSSR count). The van der Waals surface area contributed by atoms with E-state index in [1.807, 2.05) is 38.1 Å². The highest BCUT2D eigenvalue weighted by atomic mass is 35.5. The highest BCUT2D eigenvalue weighted by molar-refractivity contribution is 6.05. The number of nitrogens with one attached hydrogen (secondary N) is 1. The highest BCUT2D eigenvalue weighted by Gasteiger charge is 2.13. The maximum absolute atomic E-state index is 12.1. The average molecular weight is 295 g/mol. The van der Waals surface area contributed by atoms with Crippen molar-refractivity contribution in [1.29, 1.82) is 0 Å². The zero-order valence-corrected chi connectivity index (χ0v) is 12.6. The van der Waals surface area contributed by atoms with E-state index in [4.69, 9.17) is 10.2 Å². The Kier molecular flexibility index (Phi) is 5.36. The van der Waals surface area contributed by atoms with Crippen LogP contribution in [0.4, 0.5) is 5.69 Å². The monoisotopic (exact) mass is 294 g/mol. The molecule has 0 saturated heterocycles. The minimum absolute atomic E-state index is 0. The smallest absolute Gasteiger partial charge is 0.259 e. The molecule has 0 aliphatic carbocycles. The first-order valence-electron chi connectivity index (χ1n) is 6.21. The number of carbonyl (C=O) groups excluding carboxylic acids is 1. The molecule has 0 radical (unpaired) electrons. The fourth-order valence-corrected chi connectivity index (χ4v) is 1.92. The second kappa shape index (κ2) is 6.59. The van der Waals surface area contributed by atoms with Crippen molar-refractivity contribution in [2.75, 3.05) is 5.32 Å². The molecule has 1 aromatic heterocycles. The molecule has 1 aromatic carbocycles. The predicted molar refractivity (Wildman–Crippen MR) is 82.4 cm³/mol. The van der Waals surface area contributed by atoms with Crippen LogP contribution in [0, 0.1) is 13.8 Å². The zero-order valence-electron chi connectivity index (χ0n) is 11.8. The van der Waals surface area contributed by atoms with Gasteiger partial charge in [-0.25, -0.2) is 0 Å². The van der Waals surface area contributed by atoms with Gasteiger partial charge in [-0.1, -0.05) is 12.1 Å². The Morgan fingerprint density at radius 1 is 1.25 bits per heavy atom. The Balaban J connectivity index is 0.00000200. The maximum Gasteiger partial charge on any atom is 0.259 e. The number of aryl methyl sites for hydroxylation is 2. The average Bonchev–Trinajstić information content (AvgIpc) is 2.69. The molecule has 4 nitrogen and oxygen atoms in total. The van der Waals surface area contributed by atoms with Gasteiger partial charge >= 0.3 is 0 Å². The third kappa shape index (κ3) is 3.62. The van der Waals surface area contributed by atoms with Crippen molar-refractivity contribution >= 4 is 24.0 Å². The Hall–Kier alpha value is -1.78. The lowest BCUT2D eigenvalue weighted by Crippen LogP contribution is -2.12. The minimum atomic E-state index is -0.164. The van der Waals surface area contributed by atoms with Gasteiger partial charge in [-0.15, -0.1) is 12.4 Å². The number of anilines is 1. The van der Waals surface area contributed by atoms with E-state index in [2.05, 4.69) is 5.32 Å². The molecule has 0 saturated carbocycles. The van der Waals surface area contributed by atoms with Gasteiger partial charge in [0.1, 0.15) is 11.5 Å². The summed E-state index contributed by atoms with van der Waals surface area (Å²) >= 11 is 0. The standard InChI is InChI=1S/C15H18N2O2.ClH/c1-9-8-14(11(3)19-9)15(18)17-13-6-4-12(5-7-13)10(2)16;/h4-8,10H,16H2,1-3H3,(H,17,18);1H. The minimum Gasteiger partial charge on any atom is -0.466 e. The number of halogens is 1. The van der Waals surface area contributed by atoms with E-state index < -0.39 is 0 Å². The summed E-state index contributed by atoms with van der Waals surface area (Å²) < 4.78 is 5.35. The molecule has 0 spiro atoms. The predicted octanol–water partition coefficient (Wildman–Crippen LogP) is 3.59. The summed E-state index contributed by atoms with van der Waals surface area (Å²) in [6, 6.07) is 9.24. The number of amides is 1. The van der Waals surface area contributed by atoms with Gasteiger partial charge in [-0.2, -0.15) is 0 Å². The van der Waals surface area contributed by atoms with Gasteiger partial charge in [0.05, 0.1) is 5.56 Å². The lowest BCUT2D eigenvalue weighted by molar-refractivity contribution is 0.102. The van der Waals surface area contributed by atoms with Crippen molar-refractivity contribution in [1.82, 2.24) is 0 Å². The molecular formula is C15H19ClN2O2. The fourth-order valence-electron chi connectivity index (χ4n) is 1.92. The van der Waals surface area contributed by atoms with E-state index in [0.29, 0.717) is 11.3 Å². The van der Waals surface area contributed by atoms with Crippen LogP contribution in [-0.2, 0) is 0 Å². The van der Waals surface area contributed by atoms with Gasteiger partial charge in [0.25, 0.3) is 5.91 Å². The lowest BCUT2D eigenvalue weighted by atomic mass is 10.1. The van der Waals surface area contributed by atoms with Crippen LogP contribution in [0.3, 0.4) is 0 Å². The number of furan rings is 1. The summed E-state index contributed by atoms with van der Waals surface area (Å²) in [4.78, 5) is 12.1. The van der Waals surface area contributed by atoms with Crippen molar-refractivity contribution in [2.45, 2.75) is 26.8 Å². The van der Waals surface area contributed by atoms with Crippen LogP contribution in [0.2, 0.25) is 0 Å². The topological polar surface area (TPSA) is 68.3 Å². The molecule has 2 aromatic rings. The van der Waals surface area contributed by atoms with Gasteiger partial charge in [0.15, 0.2) is 0 Å². The summed E-state index contributed by atoms with van der Waals surface area (Å²) in [5.74, 6) is 1.19. The Morgan fingerprint density at radius 2 is 1.85 bits per heavy atom. The number of hydrogen-bond donors (Lipinski definition) is 2. The molecular weight excluding hydrogens is 276 g/mol. The summed E-state index contributed by atoms with van der Waals surface area (Å²) in [5.41, 5.74) is 8.12. The first-order chi connectivity index (χ1) is 8.97. The lowest BCUT2D eigenvalue weighted by Gasteiger charge is -2.08. The van der Waals surface area contributed by atoms with E-state index in [1.165, 1.54) is 0 Å². The van der Waals surface area contributed by atoms with E-state index in [-0.39, 0.29) is 24.4 Å². The van der Waals surface area contributed by atoms with Crippen LogP contribution in [0.15, 0.2) is 34.7 Å². The third-order valence-electron chi connectivity index (χ3n) is 2.98. The molecule has 108 valence electrons. The molecule has 0 aliphatic heterocycles.